The Morgan fingerprint density at radius 3 is 2.64 bits per heavy atom. The number of halogens is 1. The maximum atomic E-state index is 12.8. The summed E-state index contributed by atoms with van der Waals surface area (Å²) in [7, 11) is 0. The van der Waals surface area contributed by atoms with Gasteiger partial charge in [0, 0.05) is 23.2 Å². The van der Waals surface area contributed by atoms with Crippen LogP contribution in [0.1, 0.15) is 46.5 Å². The Morgan fingerprint density at radius 2 is 2.04 bits per heavy atom. The van der Waals surface area contributed by atoms with Crippen molar-refractivity contribution >= 4 is 27.6 Å². The van der Waals surface area contributed by atoms with E-state index in [0.29, 0.717) is 11.3 Å². The van der Waals surface area contributed by atoms with Gasteiger partial charge in [0.1, 0.15) is 0 Å². The molecule has 0 aromatic heterocycles. The normalized spacial score (nSPS) is 23.4. The molecule has 2 atom stereocenters. The molecule has 1 saturated carbocycles. The predicted molar refractivity (Wildman–Crippen MR) is 108 cm³/mol. The van der Waals surface area contributed by atoms with Gasteiger partial charge in [0.15, 0.2) is 0 Å². The Bertz CT molecular complexity index is 650. The minimum atomic E-state index is 0.0101. The first kappa shape index (κ1) is 18.5. The Kier molecular flexibility index (Phi) is 5.57. The molecule has 0 saturated heterocycles. The summed E-state index contributed by atoms with van der Waals surface area (Å²) in [5.41, 5.74) is 2.72. The molecule has 3 nitrogen and oxygen atoms in total. The van der Waals surface area contributed by atoms with Gasteiger partial charge in [-0.05, 0) is 60.8 Å². The van der Waals surface area contributed by atoms with Crippen LogP contribution in [-0.2, 0) is 0 Å². The molecule has 3 aliphatic carbocycles. The maximum absolute atomic E-state index is 12.8. The van der Waals surface area contributed by atoms with Crippen LogP contribution in [0, 0.1) is 17.3 Å². The van der Waals surface area contributed by atoms with E-state index in [9.17, 15) is 4.79 Å². The second-order valence-electron chi connectivity index (χ2n) is 8.03. The fourth-order valence-corrected chi connectivity index (χ4v) is 4.48. The Hall–Kier alpha value is -1.29. The number of unbranched alkanes of at least 4 members (excludes halogenated alkanes) is 1. The second-order valence-corrected chi connectivity index (χ2v) is 8.95. The number of rotatable bonds is 6. The lowest BCUT2D eigenvalue weighted by atomic mass is 9.49. The number of hydrogen-bond donors (Lipinski definition) is 1. The lowest BCUT2D eigenvalue weighted by Gasteiger charge is -2.57. The molecule has 1 N–H and O–H groups in total. The topological polar surface area (TPSA) is 32.3 Å². The molecular formula is C21H29BrN2O. The van der Waals surface area contributed by atoms with Crippen molar-refractivity contribution in [2.75, 3.05) is 18.4 Å². The highest BCUT2D eigenvalue weighted by molar-refractivity contribution is 9.10. The van der Waals surface area contributed by atoms with Gasteiger partial charge in [-0.1, -0.05) is 54.8 Å². The quantitative estimate of drug-likeness (QED) is 0.572. The summed E-state index contributed by atoms with van der Waals surface area (Å²) >= 11 is 3.43. The van der Waals surface area contributed by atoms with Crippen molar-refractivity contribution in [3.8, 4) is 0 Å². The van der Waals surface area contributed by atoms with Crippen LogP contribution < -0.4 is 5.32 Å². The Morgan fingerprint density at radius 1 is 1.32 bits per heavy atom. The van der Waals surface area contributed by atoms with Crippen LogP contribution in [-0.4, -0.2) is 24.0 Å². The van der Waals surface area contributed by atoms with Crippen molar-refractivity contribution < 1.29 is 4.79 Å². The molecule has 2 amide bonds. The number of nitrogens with one attached hydrogen (secondary N) is 1. The Balaban J connectivity index is 1.68. The molecule has 25 heavy (non-hydrogen) atoms. The molecule has 2 bridgehead atoms. The lowest BCUT2D eigenvalue weighted by molar-refractivity contribution is -0.00952. The van der Waals surface area contributed by atoms with Gasteiger partial charge in [-0.25, -0.2) is 4.79 Å². The van der Waals surface area contributed by atoms with Crippen LogP contribution in [0.3, 0.4) is 0 Å². The molecule has 1 aromatic rings. The van der Waals surface area contributed by atoms with Crippen molar-refractivity contribution in [1.29, 1.82) is 0 Å². The fraction of sp³-hybridized carbons (Fsp3) is 0.571. The van der Waals surface area contributed by atoms with E-state index in [2.05, 4.69) is 48.1 Å². The number of benzene rings is 1. The number of hydrogen-bond acceptors (Lipinski definition) is 1. The molecule has 0 heterocycles. The van der Waals surface area contributed by atoms with Crippen LogP contribution in [0.15, 0.2) is 40.4 Å². The summed E-state index contributed by atoms with van der Waals surface area (Å²) < 4.78 is 1.02. The minimum Gasteiger partial charge on any atom is -0.321 e. The van der Waals surface area contributed by atoms with E-state index in [1.165, 1.54) is 18.4 Å². The predicted octanol–water partition coefficient (Wildman–Crippen LogP) is 6.08. The largest absolute Gasteiger partial charge is 0.322 e. The highest BCUT2D eigenvalue weighted by Gasteiger charge is 2.51. The van der Waals surface area contributed by atoms with Crippen molar-refractivity contribution in [1.82, 2.24) is 4.90 Å². The first-order valence-corrected chi connectivity index (χ1v) is 10.2. The fourth-order valence-electron chi connectivity index (χ4n) is 4.21. The average molecular weight is 405 g/mol. The van der Waals surface area contributed by atoms with Crippen LogP contribution in [0.2, 0.25) is 0 Å². The number of carbonyl (C=O) groups is 1. The van der Waals surface area contributed by atoms with E-state index in [1.54, 1.807) is 0 Å². The highest BCUT2D eigenvalue weighted by Crippen LogP contribution is 2.59. The second kappa shape index (κ2) is 7.53. The molecular weight excluding hydrogens is 376 g/mol. The summed E-state index contributed by atoms with van der Waals surface area (Å²) in [6.07, 6.45) is 7.01. The van der Waals surface area contributed by atoms with E-state index in [1.807, 2.05) is 29.2 Å². The summed E-state index contributed by atoms with van der Waals surface area (Å²) in [4.78, 5) is 14.8. The number of allylic oxidation sites excluding steroid dienone is 1. The van der Waals surface area contributed by atoms with E-state index < -0.39 is 0 Å². The molecule has 0 radical (unpaired) electrons. The monoisotopic (exact) mass is 404 g/mol. The lowest BCUT2D eigenvalue weighted by Crippen LogP contribution is -2.50. The van der Waals surface area contributed by atoms with Gasteiger partial charge in [0.25, 0.3) is 0 Å². The number of nitrogens with zero attached hydrogens (tertiary/aromatic N) is 1. The summed E-state index contributed by atoms with van der Waals surface area (Å²) in [5.74, 6) is 1.48. The van der Waals surface area contributed by atoms with Gasteiger partial charge < -0.3 is 10.2 Å². The van der Waals surface area contributed by atoms with Crippen molar-refractivity contribution in [2.45, 2.75) is 46.5 Å². The average Bonchev–Trinajstić information content (AvgIpc) is 2.60. The summed E-state index contributed by atoms with van der Waals surface area (Å²) in [6, 6.07) is 7.77. The highest BCUT2D eigenvalue weighted by atomic mass is 79.9. The van der Waals surface area contributed by atoms with Gasteiger partial charge in [0.2, 0.25) is 0 Å². The first-order valence-electron chi connectivity index (χ1n) is 9.42. The van der Waals surface area contributed by atoms with E-state index in [-0.39, 0.29) is 6.03 Å². The molecule has 1 fully saturated rings. The molecule has 2 unspecified atom stereocenters. The van der Waals surface area contributed by atoms with Gasteiger partial charge in [-0.2, -0.15) is 0 Å². The van der Waals surface area contributed by atoms with Crippen molar-refractivity contribution in [3.05, 3.63) is 40.4 Å². The Labute approximate surface area is 160 Å². The number of anilines is 1. The molecule has 0 spiro atoms. The van der Waals surface area contributed by atoms with Crippen LogP contribution in [0.5, 0.6) is 0 Å². The standard InChI is InChI=1S/C21H29BrN2O/c1-4-5-12-24(20(25)23-18-10-8-17(22)9-11-18)14-15-6-7-16-13-19(15)21(16,2)3/h6,8-11,16,19H,4-5,7,12-14H2,1-3H3,(H,23,25). The zero-order valence-corrected chi connectivity index (χ0v) is 17.1. The molecule has 0 aliphatic heterocycles. The smallest absolute Gasteiger partial charge is 0.321 e. The third kappa shape index (κ3) is 3.94. The zero-order chi connectivity index (χ0) is 18.0. The summed E-state index contributed by atoms with van der Waals surface area (Å²) in [5, 5.41) is 3.06. The number of fused-ring (bicyclic) bond motifs is 1. The number of carbonyl (C=O) groups excluding carboxylic acids is 1. The van der Waals surface area contributed by atoms with Crippen LogP contribution in [0.4, 0.5) is 10.5 Å². The van der Waals surface area contributed by atoms with Gasteiger partial charge in [0.05, 0.1) is 0 Å². The van der Waals surface area contributed by atoms with Crippen molar-refractivity contribution in [2.24, 2.45) is 17.3 Å². The zero-order valence-electron chi connectivity index (χ0n) is 15.5. The molecule has 136 valence electrons. The molecule has 4 rings (SSSR count). The molecule has 3 aliphatic rings. The minimum absolute atomic E-state index is 0.0101. The van der Waals surface area contributed by atoms with Crippen molar-refractivity contribution in [3.63, 3.8) is 0 Å². The van der Waals surface area contributed by atoms with Crippen LogP contribution >= 0.6 is 15.9 Å². The number of urea groups is 1. The van der Waals surface area contributed by atoms with Gasteiger partial charge in [-0.3, -0.25) is 0 Å². The summed E-state index contributed by atoms with van der Waals surface area (Å²) in [6.45, 7) is 8.52. The van der Waals surface area contributed by atoms with Gasteiger partial charge in [-0.15, -0.1) is 0 Å². The third-order valence-electron chi connectivity index (χ3n) is 6.12. The first-order chi connectivity index (χ1) is 11.9. The maximum Gasteiger partial charge on any atom is 0.322 e. The molecule has 4 heteroatoms. The van der Waals surface area contributed by atoms with E-state index >= 15 is 0 Å². The SMILES string of the molecule is CCCCN(CC1=CCC2CC1C2(C)C)C(=O)Nc1ccc(Br)cc1. The number of amides is 2. The molecule has 1 aromatic carbocycles. The van der Waals surface area contributed by atoms with Crippen LogP contribution in [0.25, 0.3) is 0 Å². The van der Waals surface area contributed by atoms with E-state index in [4.69, 9.17) is 0 Å². The van der Waals surface area contributed by atoms with Gasteiger partial charge >= 0.3 is 6.03 Å². The third-order valence-corrected chi connectivity index (χ3v) is 6.65. The van der Waals surface area contributed by atoms with E-state index in [0.717, 1.165) is 42.0 Å².